The molecular weight excluding hydrogens is 121 g/mol. The first kappa shape index (κ1) is 9.68. The van der Waals surface area contributed by atoms with Crippen LogP contribution in [0, 0.1) is 0 Å². The molecule has 0 rings (SSSR count). The molecule has 0 aromatic carbocycles. The van der Waals surface area contributed by atoms with Crippen LogP contribution in [0.2, 0.25) is 0 Å². The number of hydrogen-bond acceptors (Lipinski definition) is 1. The Morgan fingerprint density at radius 3 is 1.83 bits per heavy atom. The molecule has 0 aliphatic heterocycles. The zero-order valence-corrected chi connectivity index (χ0v) is 5.17. The first-order valence-corrected chi connectivity index (χ1v) is 2.03. The van der Waals surface area contributed by atoms with Gasteiger partial charge in [0, 0.05) is 22.5 Å². The Morgan fingerprint density at radius 1 is 1.67 bits per heavy atom. The summed E-state index contributed by atoms with van der Waals surface area (Å²) in [6.07, 6.45) is 1.08. The van der Waals surface area contributed by atoms with Crippen molar-refractivity contribution in [1.82, 2.24) is 0 Å². The molecule has 0 fully saturated rings. The molecule has 0 saturated heterocycles. The van der Waals surface area contributed by atoms with Crippen molar-refractivity contribution in [2.75, 3.05) is 0 Å². The van der Waals surface area contributed by atoms with Crippen molar-refractivity contribution in [3.63, 3.8) is 0 Å². The Morgan fingerprint density at radius 2 is 1.83 bits per heavy atom. The van der Waals surface area contributed by atoms with Gasteiger partial charge in [-0.15, -0.1) is 0 Å². The fourth-order valence-corrected chi connectivity index (χ4v) is 0. The first-order valence-electron chi connectivity index (χ1n) is 2.03. The maximum Gasteiger partial charge on any atom is 0.000781 e. The van der Waals surface area contributed by atoms with Gasteiger partial charge >= 0.3 is 0 Å². The minimum absolute atomic E-state index is 0. The fraction of sp³-hybridized carbons (Fsp3) is 1.00. The van der Waals surface area contributed by atoms with Crippen molar-refractivity contribution in [3.05, 3.63) is 0 Å². The van der Waals surface area contributed by atoms with E-state index in [0.29, 0.717) is 6.04 Å². The zero-order chi connectivity index (χ0) is 4.28. The summed E-state index contributed by atoms with van der Waals surface area (Å²) in [5.41, 5.74) is 5.29. The molecule has 0 aliphatic carbocycles. The molecule has 6 heavy (non-hydrogen) atoms. The maximum absolute atomic E-state index is 5.29. The minimum atomic E-state index is 0. The van der Waals surface area contributed by atoms with E-state index in [1.54, 1.807) is 0 Å². The molecule has 0 spiro atoms. The van der Waals surface area contributed by atoms with Crippen molar-refractivity contribution in [2.45, 2.75) is 26.3 Å². The van der Waals surface area contributed by atoms with Crippen LogP contribution in [0.1, 0.15) is 20.3 Å². The van der Waals surface area contributed by atoms with Gasteiger partial charge in [0.2, 0.25) is 0 Å². The van der Waals surface area contributed by atoms with Crippen molar-refractivity contribution in [1.29, 1.82) is 0 Å². The predicted octanol–water partition coefficient (Wildman–Crippen LogP) is 0.741. The van der Waals surface area contributed by atoms with Crippen LogP contribution >= 0.6 is 0 Å². The zero-order valence-electron chi connectivity index (χ0n) is 4.18. The molecule has 0 amide bonds. The third kappa shape index (κ3) is 8.82. The van der Waals surface area contributed by atoms with Crippen molar-refractivity contribution in [3.8, 4) is 0 Å². The van der Waals surface area contributed by atoms with Gasteiger partial charge in [-0.2, -0.15) is 0 Å². The second-order valence-corrected chi connectivity index (χ2v) is 1.39. The van der Waals surface area contributed by atoms with Gasteiger partial charge in [0.15, 0.2) is 0 Å². The van der Waals surface area contributed by atoms with Crippen LogP contribution in [-0.4, -0.2) is 6.04 Å². The summed E-state index contributed by atoms with van der Waals surface area (Å²) >= 11 is 0. The molecule has 0 saturated carbocycles. The smallest absolute Gasteiger partial charge is 0.000781 e. The van der Waals surface area contributed by atoms with Gasteiger partial charge < -0.3 is 5.73 Å². The SMILES string of the molecule is CCC(C)N.[Ni]. The van der Waals surface area contributed by atoms with E-state index >= 15 is 0 Å². The first-order chi connectivity index (χ1) is 2.27. The van der Waals surface area contributed by atoms with Gasteiger partial charge in [-0.3, -0.25) is 0 Å². The van der Waals surface area contributed by atoms with E-state index in [-0.39, 0.29) is 16.5 Å². The molecule has 0 radical (unpaired) electrons. The van der Waals surface area contributed by atoms with Crippen LogP contribution < -0.4 is 5.73 Å². The third-order valence-electron chi connectivity index (χ3n) is 0.644. The van der Waals surface area contributed by atoms with Gasteiger partial charge in [-0.05, 0) is 13.3 Å². The monoisotopic (exact) mass is 131 g/mol. The second kappa shape index (κ2) is 5.45. The number of nitrogens with two attached hydrogens (primary N) is 1. The fourth-order valence-electron chi connectivity index (χ4n) is 0. The summed E-state index contributed by atoms with van der Waals surface area (Å²) in [4.78, 5) is 0. The normalized spacial score (nSPS) is 12.5. The second-order valence-electron chi connectivity index (χ2n) is 1.39. The molecule has 0 aromatic heterocycles. The van der Waals surface area contributed by atoms with Crippen LogP contribution in [0.4, 0.5) is 0 Å². The molecule has 1 unspecified atom stereocenters. The standard InChI is InChI=1S/C4H11N.Ni/c1-3-4(2)5;/h4H,3,5H2,1-2H3;. The van der Waals surface area contributed by atoms with Gasteiger partial charge in [0.25, 0.3) is 0 Å². The Kier molecular flexibility index (Phi) is 8.80. The largest absolute Gasteiger partial charge is 0.328 e. The van der Waals surface area contributed by atoms with Crippen molar-refractivity contribution < 1.29 is 16.5 Å². The molecular formula is C4H11NNi. The van der Waals surface area contributed by atoms with E-state index in [9.17, 15) is 0 Å². The van der Waals surface area contributed by atoms with E-state index < -0.39 is 0 Å². The third-order valence-corrected chi connectivity index (χ3v) is 0.644. The molecule has 0 aromatic rings. The summed E-state index contributed by atoms with van der Waals surface area (Å²) in [6, 6.07) is 0.384. The Labute approximate surface area is 49.2 Å². The summed E-state index contributed by atoms with van der Waals surface area (Å²) in [6.45, 7) is 4.07. The van der Waals surface area contributed by atoms with E-state index in [2.05, 4.69) is 6.92 Å². The maximum atomic E-state index is 5.29. The molecule has 0 heterocycles. The summed E-state index contributed by atoms with van der Waals surface area (Å²) < 4.78 is 0. The molecule has 42 valence electrons. The summed E-state index contributed by atoms with van der Waals surface area (Å²) in [7, 11) is 0. The van der Waals surface area contributed by atoms with Gasteiger partial charge in [-0.1, -0.05) is 6.92 Å². The topological polar surface area (TPSA) is 26.0 Å². The Balaban J connectivity index is 0. The molecule has 0 bridgehead atoms. The van der Waals surface area contributed by atoms with E-state index in [1.807, 2.05) is 6.92 Å². The van der Waals surface area contributed by atoms with Crippen LogP contribution in [0.5, 0.6) is 0 Å². The summed E-state index contributed by atoms with van der Waals surface area (Å²) in [5.74, 6) is 0. The van der Waals surface area contributed by atoms with Gasteiger partial charge in [0.05, 0.1) is 0 Å². The average molecular weight is 132 g/mol. The average Bonchev–Trinajstić information content (AvgIpc) is 1.38. The molecule has 1 atom stereocenters. The van der Waals surface area contributed by atoms with Crippen LogP contribution in [0.15, 0.2) is 0 Å². The Hall–Kier alpha value is 0.454. The molecule has 1 nitrogen and oxygen atoms in total. The molecule has 2 heteroatoms. The van der Waals surface area contributed by atoms with Gasteiger partial charge in [0.1, 0.15) is 0 Å². The predicted molar refractivity (Wildman–Crippen MR) is 23.9 cm³/mol. The van der Waals surface area contributed by atoms with E-state index in [1.165, 1.54) is 0 Å². The van der Waals surface area contributed by atoms with Gasteiger partial charge in [-0.25, -0.2) is 0 Å². The quantitative estimate of drug-likeness (QED) is 0.523. The minimum Gasteiger partial charge on any atom is -0.328 e. The van der Waals surface area contributed by atoms with Crippen molar-refractivity contribution in [2.24, 2.45) is 5.73 Å². The molecule has 2 N–H and O–H groups in total. The van der Waals surface area contributed by atoms with E-state index in [4.69, 9.17) is 5.73 Å². The Bertz CT molecular complexity index is 21.5. The van der Waals surface area contributed by atoms with Crippen LogP contribution in [0.3, 0.4) is 0 Å². The number of rotatable bonds is 1. The summed E-state index contributed by atoms with van der Waals surface area (Å²) in [5, 5.41) is 0. The van der Waals surface area contributed by atoms with Crippen LogP contribution in [0.25, 0.3) is 0 Å². The molecule has 0 aliphatic rings. The number of hydrogen-bond donors (Lipinski definition) is 1. The van der Waals surface area contributed by atoms with E-state index in [0.717, 1.165) is 6.42 Å². The van der Waals surface area contributed by atoms with Crippen molar-refractivity contribution >= 4 is 0 Å². The van der Waals surface area contributed by atoms with Crippen LogP contribution in [-0.2, 0) is 16.5 Å².